The zero-order valence-corrected chi connectivity index (χ0v) is 22.0. The molecule has 1 aromatic rings. The summed E-state index contributed by atoms with van der Waals surface area (Å²) in [7, 11) is -3.75. The van der Waals surface area contributed by atoms with E-state index < -0.39 is 29.4 Å². The summed E-state index contributed by atoms with van der Waals surface area (Å²) >= 11 is 0. The van der Waals surface area contributed by atoms with E-state index in [9.17, 15) is 0 Å². The topological polar surface area (TPSA) is 15.3 Å². The first kappa shape index (κ1) is 21.2. The van der Waals surface area contributed by atoms with Gasteiger partial charge < -0.3 is 5.43 Å². The first-order chi connectivity index (χ1) is 11.3. The van der Waals surface area contributed by atoms with Crippen LogP contribution in [-0.4, -0.2) is 46.6 Å². The second-order valence-electron chi connectivity index (χ2n) is 10.9. The van der Waals surface area contributed by atoms with Crippen molar-refractivity contribution in [2.75, 3.05) is 12.0 Å². The summed E-state index contributed by atoms with van der Waals surface area (Å²) in [5, 5.41) is 2.70. The van der Waals surface area contributed by atoms with E-state index in [-0.39, 0.29) is 0 Å². The largest absolute Gasteiger partial charge is 0.319 e. The van der Waals surface area contributed by atoms with E-state index in [0.29, 0.717) is 0 Å². The Morgan fingerprint density at radius 2 is 1.28 bits per heavy atom. The van der Waals surface area contributed by atoms with Gasteiger partial charge >= 0.3 is 0 Å². The van der Waals surface area contributed by atoms with Crippen molar-refractivity contribution in [2.45, 2.75) is 77.4 Å². The number of nitrogens with zero attached hydrogens (tertiary/aromatic N) is 1. The molecule has 1 unspecified atom stereocenters. The lowest BCUT2D eigenvalue weighted by Gasteiger charge is -2.62. The minimum absolute atomic E-state index is 0.831. The third-order valence-electron chi connectivity index (χ3n) is 6.35. The van der Waals surface area contributed by atoms with Crippen LogP contribution in [0.3, 0.4) is 0 Å². The number of benzene rings is 1. The highest BCUT2D eigenvalue weighted by Crippen LogP contribution is 2.44. The minimum Gasteiger partial charge on any atom is -0.319 e. The number of hydrogen-bond donors (Lipinski definition) is 1. The summed E-state index contributed by atoms with van der Waals surface area (Å²) in [5.41, 5.74) is 5.94. The van der Waals surface area contributed by atoms with Crippen molar-refractivity contribution < 1.29 is 0 Å². The Kier molecular flexibility index (Phi) is 6.01. The van der Waals surface area contributed by atoms with E-state index in [1.165, 1.54) is 25.1 Å². The lowest BCUT2D eigenvalue weighted by atomic mass is 10.3. The maximum atomic E-state index is 3.85. The van der Waals surface area contributed by atoms with Crippen molar-refractivity contribution in [2.24, 2.45) is 0 Å². The van der Waals surface area contributed by atoms with Gasteiger partial charge in [0, 0.05) is 40.7 Å². The molecule has 0 aliphatic carbocycles. The summed E-state index contributed by atoms with van der Waals surface area (Å²) < 4.78 is 0. The molecule has 1 saturated heterocycles. The quantitative estimate of drug-likeness (QED) is 0.606. The molecule has 0 amide bonds. The molecule has 1 heterocycles. The van der Waals surface area contributed by atoms with Crippen LogP contribution in [0, 0.1) is 0 Å². The van der Waals surface area contributed by atoms with Crippen LogP contribution in [0.15, 0.2) is 30.3 Å². The average Bonchev–Trinajstić information content (AvgIpc) is 2.83. The van der Waals surface area contributed by atoms with Crippen LogP contribution in [0.1, 0.15) is 12.8 Å². The van der Waals surface area contributed by atoms with Crippen LogP contribution >= 0.6 is 0 Å². The lowest BCUT2D eigenvalue weighted by molar-refractivity contribution is 0.373. The molecule has 0 aromatic heterocycles. The van der Waals surface area contributed by atoms with Gasteiger partial charge in [0.05, 0.1) is 6.63 Å². The van der Waals surface area contributed by atoms with Crippen LogP contribution < -0.4 is 5.43 Å². The number of rotatable bonds is 6. The van der Waals surface area contributed by atoms with E-state index in [4.69, 9.17) is 0 Å². The van der Waals surface area contributed by atoms with Gasteiger partial charge in [-0.15, -0.1) is 0 Å². The Hall–Kier alpha value is -0.152. The third-order valence-corrected chi connectivity index (χ3v) is 79.8. The van der Waals surface area contributed by atoms with Gasteiger partial charge in [-0.25, -0.2) is 5.01 Å². The molecule has 1 atom stereocenters. The standard InChI is InChI=1S/C19H40N2Si4/c1-22(2,3)25(23(4,5)6,24(7,8)9)19-16-13-17-21(19)20-18-14-11-10-12-15-18/h10-12,14-15,19-20H,13,16-17H2,1-9H3. The van der Waals surface area contributed by atoms with Gasteiger partial charge in [-0.05, 0) is 25.0 Å². The van der Waals surface area contributed by atoms with Crippen LogP contribution in [-0.2, 0) is 0 Å². The van der Waals surface area contributed by atoms with Gasteiger partial charge in [0.1, 0.15) is 0 Å². The molecule has 0 bridgehead atoms. The molecule has 1 aliphatic rings. The number of para-hydroxylation sites is 1. The van der Waals surface area contributed by atoms with Gasteiger partial charge in [0.15, 0.2) is 0 Å². The van der Waals surface area contributed by atoms with Crippen LogP contribution in [0.25, 0.3) is 0 Å². The normalized spacial score (nSPS) is 20.8. The van der Waals surface area contributed by atoms with Crippen LogP contribution in [0.2, 0.25) is 58.9 Å². The summed E-state index contributed by atoms with van der Waals surface area (Å²) in [6.07, 6.45) is 2.78. The summed E-state index contributed by atoms with van der Waals surface area (Å²) in [5.74, 6) is 0. The number of nitrogens with one attached hydrogen (secondary N) is 1. The molecule has 2 rings (SSSR count). The fourth-order valence-electron chi connectivity index (χ4n) is 6.90. The molecule has 25 heavy (non-hydrogen) atoms. The van der Waals surface area contributed by atoms with Crippen molar-refractivity contribution >= 4 is 35.1 Å². The zero-order valence-electron chi connectivity index (χ0n) is 18.0. The van der Waals surface area contributed by atoms with Gasteiger partial charge in [-0.3, -0.25) is 0 Å². The molecule has 2 nitrogen and oxygen atoms in total. The van der Waals surface area contributed by atoms with E-state index in [1.807, 2.05) is 0 Å². The minimum atomic E-state index is -1.40. The highest BCUT2D eigenvalue weighted by Gasteiger charge is 2.66. The monoisotopic (exact) mass is 408 g/mol. The van der Waals surface area contributed by atoms with Crippen molar-refractivity contribution in [1.82, 2.24) is 5.01 Å². The number of hydrazine groups is 1. The van der Waals surface area contributed by atoms with Crippen molar-refractivity contribution in [1.29, 1.82) is 0 Å². The Morgan fingerprint density at radius 3 is 1.72 bits per heavy atom. The fraction of sp³-hybridized carbons (Fsp3) is 0.684. The molecule has 6 heteroatoms. The lowest BCUT2D eigenvalue weighted by Crippen LogP contribution is -2.89. The van der Waals surface area contributed by atoms with Crippen molar-refractivity contribution in [3.05, 3.63) is 30.3 Å². The van der Waals surface area contributed by atoms with Gasteiger partial charge in [-0.2, -0.15) is 0 Å². The Morgan fingerprint density at radius 1 is 0.800 bits per heavy atom. The summed E-state index contributed by atoms with van der Waals surface area (Å²) in [6, 6.07) is 10.8. The molecular formula is C19H40N2Si4. The van der Waals surface area contributed by atoms with Crippen LogP contribution in [0.5, 0.6) is 0 Å². The van der Waals surface area contributed by atoms with Crippen molar-refractivity contribution in [3.8, 4) is 0 Å². The first-order valence-corrected chi connectivity index (χ1v) is 25.5. The zero-order chi connectivity index (χ0) is 19.1. The highest BCUT2D eigenvalue weighted by molar-refractivity contribution is 7.89. The predicted octanol–water partition coefficient (Wildman–Crippen LogP) is 5.72. The second-order valence-corrected chi connectivity index (χ2v) is 51.8. The molecule has 0 spiro atoms. The molecule has 142 valence electrons. The van der Waals surface area contributed by atoms with E-state index in [1.54, 1.807) is 0 Å². The number of hydrogen-bond acceptors (Lipinski definition) is 2. The first-order valence-electron chi connectivity index (χ1n) is 9.91. The molecule has 1 aliphatic heterocycles. The predicted molar refractivity (Wildman–Crippen MR) is 126 cm³/mol. The maximum absolute atomic E-state index is 3.85. The molecule has 1 N–H and O–H groups in total. The Balaban J connectivity index is 2.53. The summed E-state index contributed by atoms with van der Waals surface area (Å²) in [4.78, 5) is 0. The summed E-state index contributed by atoms with van der Waals surface area (Å²) in [6.45, 7) is 24.3. The highest BCUT2D eigenvalue weighted by atomic mass is 29.9. The average molecular weight is 409 g/mol. The molecule has 1 fully saturated rings. The van der Waals surface area contributed by atoms with E-state index >= 15 is 0 Å². The maximum Gasteiger partial charge on any atom is 0.0593 e. The third kappa shape index (κ3) is 3.78. The Bertz CT molecular complexity index is 534. The molecule has 0 radical (unpaired) electrons. The smallest absolute Gasteiger partial charge is 0.0593 e. The molecule has 1 aromatic carbocycles. The number of anilines is 1. The fourth-order valence-corrected chi connectivity index (χ4v) is 111. The SMILES string of the molecule is C[Si](C)(C)[Si](C1CCCN1Nc1ccccc1)([Si](C)(C)C)[Si](C)(C)C. The van der Waals surface area contributed by atoms with Crippen molar-refractivity contribution in [3.63, 3.8) is 0 Å². The van der Waals surface area contributed by atoms with Gasteiger partial charge in [-0.1, -0.05) is 77.1 Å². The Labute approximate surface area is 159 Å². The second kappa shape index (κ2) is 7.11. The van der Waals surface area contributed by atoms with Gasteiger partial charge in [0.2, 0.25) is 0 Å². The molecule has 0 saturated carbocycles. The van der Waals surface area contributed by atoms with Crippen LogP contribution in [0.4, 0.5) is 5.69 Å². The molecular weight excluding hydrogens is 369 g/mol. The van der Waals surface area contributed by atoms with E-state index in [0.717, 1.165) is 5.67 Å². The van der Waals surface area contributed by atoms with Gasteiger partial charge in [0.25, 0.3) is 0 Å². The van der Waals surface area contributed by atoms with E-state index in [2.05, 4.69) is 99.7 Å².